The third-order valence-corrected chi connectivity index (χ3v) is 8.82. The monoisotopic (exact) mass is 438 g/mol. The molecule has 9 heteroatoms. The highest BCUT2D eigenvalue weighted by Gasteiger charge is 2.32. The van der Waals surface area contributed by atoms with Gasteiger partial charge in [0.2, 0.25) is 10.0 Å². The van der Waals surface area contributed by atoms with Gasteiger partial charge in [-0.25, -0.2) is 13.4 Å². The summed E-state index contributed by atoms with van der Waals surface area (Å²) in [6.45, 7) is 9.66. The van der Waals surface area contributed by atoms with Crippen LogP contribution < -0.4 is 5.56 Å². The molecule has 1 N–H and O–H groups in total. The maximum Gasteiger partial charge on any atom is 0.259 e. The van der Waals surface area contributed by atoms with Gasteiger partial charge in [-0.15, -0.1) is 11.3 Å². The fourth-order valence-electron chi connectivity index (χ4n) is 4.47. The summed E-state index contributed by atoms with van der Waals surface area (Å²) in [5.41, 5.74) is 1.44. The predicted molar refractivity (Wildman–Crippen MR) is 117 cm³/mol. The average molecular weight is 439 g/mol. The maximum absolute atomic E-state index is 12.8. The van der Waals surface area contributed by atoms with Crippen molar-refractivity contribution in [1.29, 1.82) is 0 Å². The molecule has 29 heavy (non-hydrogen) atoms. The minimum Gasteiger partial charge on any atom is -0.309 e. The van der Waals surface area contributed by atoms with Crippen LogP contribution in [0.3, 0.4) is 0 Å². The summed E-state index contributed by atoms with van der Waals surface area (Å²) < 4.78 is 24.8. The molecule has 1 fully saturated rings. The molecule has 0 aromatic carbocycles. The van der Waals surface area contributed by atoms with Gasteiger partial charge in [0.15, 0.2) is 0 Å². The number of sulfonamides is 1. The molecule has 1 atom stereocenters. The molecule has 4 rings (SSSR count). The van der Waals surface area contributed by atoms with E-state index in [-0.39, 0.29) is 11.0 Å². The predicted octanol–water partition coefficient (Wildman–Crippen LogP) is 2.21. The molecule has 7 nitrogen and oxygen atoms in total. The van der Waals surface area contributed by atoms with Gasteiger partial charge in [0.25, 0.3) is 5.56 Å². The topological polar surface area (TPSA) is 86.4 Å². The summed E-state index contributed by atoms with van der Waals surface area (Å²) in [5.74, 6) is 1.30. The van der Waals surface area contributed by atoms with Crippen molar-refractivity contribution in [2.24, 2.45) is 11.3 Å². The first-order chi connectivity index (χ1) is 13.5. The third-order valence-electron chi connectivity index (χ3n) is 6.37. The van der Waals surface area contributed by atoms with Crippen LogP contribution in [0.2, 0.25) is 0 Å². The Labute approximate surface area is 176 Å². The Balaban J connectivity index is 1.54. The number of nitrogens with one attached hydrogen (secondary N) is 1. The lowest BCUT2D eigenvalue weighted by atomic mass is 9.72. The van der Waals surface area contributed by atoms with Crippen LogP contribution in [-0.2, 0) is 29.4 Å². The smallest absolute Gasteiger partial charge is 0.259 e. The number of H-pyrrole nitrogens is 1. The fraction of sp³-hybridized carbons (Fsp3) is 0.700. The summed E-state index contributed by atoms with van der Waals surface area (Å²) in [7, 11) is -3.14. The fourth-order valence-corrected chi connectivity index (χ4v) is 6.62. The van der Waals surface area contributed by atoms with E-state index in [0.717, 1.165) is 29.5 Å². The SMILES string of the molecule is CC(C)(C)[C@@H]1CCc2c(sc3nc(CN4CCN(S(C)(=O)=O)CC4)[nH]c(=O)c23)C1. The van der Waals surface area contributed by atoms with E-state index in [1.54, 1.807) is 11.3 Å². The zero-order chi connectivity index (χ0) is 21.0. The highest BCUT2D eigenvalue weighted by Crippen LogP contribution is 2.41. The van der Waals surface area contributed by atoms with Crippen LogP contribution in [0.5, 0.6) is 0 Å². The zero-order valence-corrected chi connectivity index (χ0v) is 19.3. The Morgan fingerprint density at radius 3 is 2.52 bits per heavy atom. The van der Waals surface area contributed by atoms with Crippen molar-refractivity contribution in [3.05, 3.63) is 26.6 Å². The van der Waals surface area contributed by atoms with Crippen LogP contribution in [0.1, 0.15) is 43.5 Å². The van der Waals surface area contributed by atoms with Crippen molar-refractivity contribution >= 4 is 31.6 Å². The number of piperazine rings is 1. The molecule has 3 heterocycles. The Hall–Kier alpha value is -1.29. The molecule has 1 aliphatic carbocycles. The molecular formula is C20H30N4O3S2. The van der Waals surface area contributed by atoms with Gasteiger partial charge in [0.1, 0.15) is 10.7 Å². The van der Waals surface area contributed by atoms with Gasteiger partial charge in [0.05, 0.1) is 18.2 Å². The molecule has 0 saturated carbocycles. The zero-order valence-electron chi connectivity index (χ0n) is 17.6. The van der Waals surface area contributed by atoms with Gasteiger partial charge in [-0.1, -0.05) is 20.8 Å². The number of fused-ring (bicyclic) bond motifs is 3. The minimum absolute atomic E-state index is 0.0357. The van der Waals surface area contributed by atoms with Crippen LogP contribution in [0.25, 0.3) is 10.2 Å². The largest absolute Gasteiger partial charge is 0.309 e. The van der Waals surface area contributed by atoms with E-state index in [9.17, 15) is 13.2 Å². The first-order valence-electron chi connectivity index (χ1n) is 10.2. The number of hydrogen-bond acceptors (Lipinski definition) is 6. The van der Waals surface area contributed by atoms with Gasteiger partial charge in [-0.2, -0.15) is 4.31 Å². The highest BCUT2D eigenvalue weighted by molar-refractivity contribution is 7.88. The number of nitrogens with zero attached hydrogens (tertiary/aromatic N) is 3. The second-order valence-corrected chi connectivity index (χ2v) is 12.5. The van der Waals surface area contributed by atoms with Crippen molar-refractivity contribution in [3.8, 4) is 0 Å². The Morgan fingerprint density at radius 2 is 1.90 bits per heavy atom. The summed E-state index contributed by atoms with van der Waals surface area (Å²) in [4.78, 5) is 24.9. The quantitative estimate of drug-likeness (QED) is 0.794. The molecule has 0 bridgehead atoms. The molecule has 0 unspecified atom stereocenters. The molecule has 2 aromatic rings. The van der Waals surface area contributed by atoms with E-state index >= 15 is 0 Å². The van der Waals surface area contributed by atoms with Gasteiger partial charge < -0.3 is 4.98 Å². The molecule has 2 aromatic heterocycles. The lowest BCUT2D eigenvalue weighted by Gasteiger charge is -2.33. The van der Waals surface area contributed by atoms with E-state index in [0.29, 0.717) is 44.5 Å². The molecule has 160 valence electrons. The van der Waals surface area contributed by atoms with Gasteiger partial charge in [-0.05, 0) is 36.2 Å². The van der Waals surface area contributed by atoms with Crippen LogP contribution >= 0.6 is 11.3 Å². The van der Waals surface area contributed by atoms with Crippen LogP contribution in [-0.4, -0.2) is 60.0 Å². The van der Waals surface area contributed by atoms with E-state index in [4.69, 9.17) is 4.98 Å². The molecule has 0 radical (unpaired) electrons. The van der Waals surface area contributed by atoms with Gasteiger partial charge in [0, 0.05) is 31.1 Å². The van der Waals surface area contributed by atoms with Crippen LogP contribution in [0, 0.1) is 11.3 Å². The number of thiophene rings is 1. The van der Waals surface area contributed by atoms with E-state index in [1.165, 1.54) is 21.0 Å². The molecule has 1 aliphatic heterocycles. The number of hydrogen-bond donors (Lipinski definition) is 1. The number of aryl methyl sites for hydroxylation is 1. The summed E-state index contributed by atoms with van der Waals surface area (Å²) in [6.07, 6.45) is 4.35. The molecule has 2 aliphatic rings. The third kappa shape index (κ3) is 4.28. The standard InChI is InChI=1S/C20H30N4O3S2/c1-20(2,3)13-5-6-14-15(11-13)28-19-17(14)18(25)21-16(22-19)12-23-7-9-24(10-8-23)29(4,26)27/h13H,5-12H2,1-4H3,(H,21,22,25)/t13-/m1/s1. The van der Waals surface area contributed by atoms with Crippen molar-refractivity contribution in [3.63, 3.8) is 0 Å². The maximum atomic E-state index is 12.8. The molecule has 0 spiro atoms. The number of aromatic nitrogens is 2. The minimum atomic E-state index is -3.14. The number of aromatic amines is 1. The number of rotatable bonds is 3. The first-order valence-corrected chi connectivity index (χ1v) is 12.9. The summed E-state index contributed by atoms with van der Waals surface area (Å²) >= 11 is 1.68. The van der Waals surface area contributed by atoms with Gasteiger partial charge >= 0.3 is 0 Å². The van der Waals surface area contributed by atoms with Crippen molar-refractivity contribution < 1.29 is 8.42 Å². The highest BCUT2D eigenvalue weighted by atomic mass is 32.2. The normalized spacial score (nSPS) is 22.1. The van der Waals surface area contributed by atoms with Crippen molar-refractivity contribution in [1.82, 2.24) is 19.2 Å². The van der Waals surface area contributed by atoms with Crippen LogP contribution in [0.4, 0.5) is 0 Å². The second-order valence-electron chi connectivity index (χ2n) is 9.44. The Bertz CT molecular complexity index is 1070. The summed E-state index contributed by atoms with van der Waals surface area (Å²) in [5, 5.41) is 0.781. The first kappa shape index (κ1) is 21.0. The van der Waals surface area contributed by atoms with E-state index < -0.39 is 10.0 Å². The molecular weight excluding hydrogens is 408 g/mol. The molecule has 0 amide bonds. The van der Waals surface area contributed by atoms with E-state index in [1.807, 2.05) is 0 Å². The van der Waals surface area contributed by atoms with Gasteiger partial charge in [-0.3, -0.25) is 9.69 Å². The lowest BCUT2D eigenvalue weighted by molar-refractivity contribution is 0.178. The molecule has 1 saturated heterocycles. The summed E-state index contributed by atoms with van der Waals surface area (Å²) in [6, 6.07) is 0. The Morgan fingerprint density at radius 1 is 1.21 bits per heavy atom. The Kier molecular flexibility index (Phi) is 5.38. The lowest BCUT2D eigenvalue weighted by Crippen LogP contribution is -2.48. The van der Waals surface area contributed by atoms with E-state index in [2.05, 4.69) is 30.7 Å². The van der Waals surface area contributed by atoms with Crippen molar-refractivity contribution in [2.75, 3.05) is 32.4 Å². The second kappa shape index (κ2) is 7.44. The average Bonchev–Trinajstić information content (AvgIpc) is 2.98. The van der Waals surface area contributed by atoms with Crippen LogP contribution in [0.15, 0.2) is 4.79 Å². The van der Waals surface area contributed by atoms with Crippen molar-refractivity contribution in [2.45, 2.75) is 46.6 Å².